The number of benzene rings is 2. The standard InChI is InChI=1S/C26H29ClN2O2/c1-16(2)13-23(31)29-21-8-6-5-7-19(21)28-20-14-26(3,4)15-22(30)24(20)25(29)17-9-11-18(27)12-10-17/h5-12,16,25,28H,13-15H2,1-4H3/t25-/m1/s1. The number of fused-ring (bicyclic) bond motifs is 1. The fourth-order valence-electron chi connectivity index (χ4n) is 4.67. The normalized spacial score (nSPS) is 20.1. The lowest BCUT2D eigenvalue weighted by Crippen LogP contribution is -2.39. The summed E-state index contributed by atoms with van der Waals surface area (Å²) in [5, 5.41) is 4.16. The predicted octanol–water partition coefficient (Wildman–Crippen LogP) is 6.53. The van der Waals surface area contributed by atoms with Gasteiger partial charge in [-0.15, -0.1) is 0 Å². The molecule has 2 aliphatic rings. The summed E-state index contributed by atoms with van der Waals surface area (Å²) < 4.78 is 0. The summed E-state index contributed by atoms with van der Waals surface area (Å²) in [5.41, 5.74) is 4.01. The first-order chi connectivity index (χ1) is 14.7. The molecule has 162 valence electrons. The molecular weight excluding hydrogens is 408 g/mol. The Labute approximate surface area is 189 Å². The summed E-state index contributed by atoms with van der Waals surface area (Å²) in [5.74, 6) is 0.306. The van der Waals surface area contributed by atoms with Gasteiger partial charge in [-0.2, -0.15) is 0 Å². The number of nitrogens with one attached hydrogen (secondary N) is 1. The van der Waals surface area contributed by atoms with Gasteiger partial charge in [0.25, 0.3) is 0 Å². The second-order valence-electron chi connectivity index (χ2n) is 9.79. The quantitative estimate of drug-likeness (QED) is 0.595. The molecule has 1 aliphatic heterocycles. The van der Waals surface area contributed by atoms with E-state index in [9.17, 15) is 9.59 Å². The van der Waals surface area contributed by atoms with Crippen molar-refractivity contribution in [1.29, 1.82) is 0 Å². The van der Waals surface area contributed by atoms with Crippen LogP contribution < -0.4 is 10.2 Å². The van der Waals surface area contributed by atoms with Gasteiger partial charge < -0.3 is 5.32 Å². The van der Waals surface area contributed by atoms with Crippen LogP contribution in [0.15, 0.2) is 59.8 Å². The van der Waals surface area contributed by atoms with Gasteiger partial charge in [0.15, 0.2) is 5.78 Å². The van der Waals surface area contributed by atoms with Crippen LogP contribution in [0.25, 0.3) is 0 Å². The third-order valence-corrected chi connectivity index (χ3v) is 6.19. The molecule has 1 N–H and O–H groups in total. The van der Waals surface area contributed by atoms with E-state index in [1.54, 1.807) is 0 Å². The van der Waals surface area contributed by atoms with Gasteiger partial charge in [0.05, 0.1) is 17.4 Å². The van der Waals surface area contributed by atoms with Gasteiger partial charge in [0, 0.05) is 29.1 Å². The molecule has 0 fully saturated rings. The number of halogens is 1. The number of carbonyl (C=O) groups excluding carboxylic acids is 2. The monoisotopic (exact) mass is 436 g/mol. The number of amides is 1. The number of carbonyl (C=O) groups is 2. The van der Waals surface area contributed by atoms with Gasteiger partial charge in [-0.1, -0.05) is 63.6 Å². The Morgan fingerprint density at radius 3 is 2.48 bits per heavy atom. The number of hydrogen-bond donors (Lipinski definition) is 1. The molecule has 1 amide bonds. The Hall–Kier alpha value is -2.59. The summed E-state index contributed by atoms with van der Waals surface area (Å²) in [6, 6.07) is 14.8. The highest BCUT2D eigenvalue weighted by molar-refractivity contribution is 6.30. The lowest BCUT2D eigenvalue weighted by Gasteiger charge is -2.37. The van der Waals surface area contributed by atoms with Crippen molar-refractivity contribution in [2.24, 2.45) is 11.3 Å². The summed E-state index contributed by atoms with van der Waals surface area (Å²) in [6.45, 7) is 8.31. The Kier molecular flexibility index (Phi) is 5.69. The summed E-state index contributed by atoms with van der Waals surface area (Å²) in [7, 11) is 0. The van der Waals surface area contributed by atoms with E-state index in [1.807, 2.05) is 67.3 Å². The number of hydrogen-bond acceptors (Lipinski definition) is 3. The van der Waals surface area contributed by atoms with Crippen molar-refractivity contribution in [2.45, 2.75) is 53.0 Å². The number of ketones is 1. The second-order valence-corrected chi connectivity index (χ2v) is 10.2. The van der Waals surface area contributed by atoms with E-state index in [2.05, 4.69) is 19.2 Å². The largest absolute Gasteiger partial charge is 0.357 e. The minimum absolute atomic E-state index is 0.00980. The van der Waals surface area contributed by atoms with Crippen LogP contribution in [0.3, 0.4) is 0 Å². The van der Waals surface area contributed by atoms with Gasteiger partial charge in [0.2, 0.25) is 5.91 Å². The maximum absolute atomic E-state index is 13.6. The van der Waals surface area contributed by atoms with Crippen LogP contribution in [0, 0.1) is 11.3 Å². The molecule has 4 nitrogen and oxygen atoms in total. The lowest BCUT2D eigenvalue weighted by molar-refractivity contribution is -0.120. The molecule has 5 heteroatoms. The van der Waals surface area contributed by atoms with Crippen LogP contribution in [0.2, 0.25) is 5.02 Å². The molecular formula is C26H29ClN2O2. The molecule has 0 saturated carbocycles. The van der Waals surface area contributed by atoms with Crippen molar-refractivity contribution in [3.05, 3.63) is 70.4 Å². The zero-order chi connectivity index (χ0) is 22.3. The molecule has 2 aromatic rings. The average molecular weight is 437 g/mol. The fourth-order valence-corrected chi connectivity index (χ4v) is 4.80. The van der Waals surface area contributed by atoms with Crippen LogP contribution >= 0.6 is 11.6 Å². The number of nitrogens with zero attached hydrogens (tertiary/aromatic N) is 1. The van der Waals surface area contributed by atoms with Gasteiger partial charge >= 0.3 is 0 Å². The molecule has 1 aliphatic carbocycles. The highest BCUT2D eigenvalue weighted by Crippen LogP contribution is 2.48. The van der Waals surface area contributed by atoms with E-state index in [0.29, 0.717) is 23.4 Å². The molecule has 4 rings (SSSR count). The van der Waals surface area contributed by atoms with Crippen LogP contribution in [0.4, 0.5) is 11.4 Å². The van der Waals surface area contributed by atoms with Crippen molar-refractivity contribution in [1.82, 2.24) is 0 Å². The van der Waals surface area contributed by atoms with Crippen LogP contribution in [0.1, 0.15) is 58.6 Å². The minimum Gasteiger partial charge on any atom is -0.357 e. The maximum Gasteiger partial charge on any atom is 0.228 e. The Bertz CT molecular complexity index is 1050. The molecule has 0 spiro atoms. The van der Waals surface area contributed by atoms with Gasteiger partial charge in [-0.05, 0) is 47.6 Å². The first kappa shape index (κ1) is 21.6. The van der Waals surface area contributed by atoms with Crippen LogP contribution in [-0.4, -0.2) is 11.7 Å². The lowest BCUT2D eigenvalue weighted by atomic mass is 9.73. The Balaban J connectivity index is 1.98. The van der Waals surface area contributed by atoms with Crippen LogP contribution in [-0.2, 0) is 9.59 Å². The first-order valence-electron chi connectivity index (χ1n) is 10.9. The van der Waals surface area contributed by atoms with Crippen LogP contribution in [0.5, 0.6) is 0 Å². The minimum atomic E-state index is -0.488. The topological polar surface area (TPSA) is 49.4 Å². The summed E-state index contributed by atoms with van der Waals surface area (Å²) >= 11 is 6.16. The molecule has 0 radical (unpaired) electrons. The first-order valence-corrected chi connectivity index (χ1v) is 11.2. The zero-order valence-electron chi connectivity index (χ0n) is 18.5. The van der Waals surface area contributed by atoms with Crippen molar-refractivity contribution < 1.29 is 9.59 Å². The zero-order valence-corrected chi connectivity index (χ0v) is 19.3. The molecule has 2 aromatic carbocycles. The summed E-state index contributed by atoms with van der Waals surface area (Å²) in [4.78, 5) is 29.0. The second kappa shape index (κ2) is 8.16. The van der Waals surface area contributed by atoms with Crippen molar-refractivity contribution in [2.75, 3.05) is 10.2 Å². The van der Waals surface area contributed by atoms with Gasteiger partial charge in [-0.3, -0.25) is 14.5 Å². The number of para-hydroxylation sites is 2. The molecule has 0 unspecified atom stereocenters. The molecule has 1 heterocycles. The third-order valence-electron chi connectivity index (χ3n) is 5.94. The number of anilines is 2. The van der Waals surface area contributed by atoms with Crippen molar-refractivity contribution >= 4 is 34.7 Å². The van der Waals surface area contributed by atoms with E-state index in [0.717, 1.165) is 29.1 Å². The number of allylic oxidation sites excluding steroid dienone is 1. The van der Waals surface area contributed by atoms with E-state index in [4.69, 9.17) is 11.6 Å². The smallest absolute Gasteiger partial charge is 0.228 e. The highest BCUT2D eigenvalue weighted by atomic mass is 35.5. The van der Waals surface area contributed by atoms with E-state index in [-0.39, 0.29) is 23.0 Å². The molecule has 1 atom stereocenters. The average Bonchev–Trinajstić information content (AvgIpc) is 2.81. The molecule has 0 aromatic heterocycles. The van der Waals surface area contributed by atoms with Gasteiger partial charge in [0.1, 0.15) is 0 Å². The van der Waals surface area contributed by atoms with Gasteiger partial charge in [-0.25, -0.2) is 0 Å². The summed E-state index contributed by atoms with van der Waals surface area (Å²) in [6.07, 6.45) is 1.61. The molecule has 0 saturated heterocycles. The molecule has 31 heavy (non-hydrogen) atoms. The van der Waals surface area contributed by atoms with Crippen molar-refractivity contribution in [3.63, 3.8) is 0 Å². The Morgan fingerprint density at radius 2 is 1.81 bits per heavy atom. The van der Waals surface area contributed by atoms with Crippen molar-refractivity contribution in [3.8, 4) is 0 Å². The fraction of sp³-hybridized carbons (Fsp3) is 0.385. The SMILES string of the molecule is CC(C)CC(=O)N1c2ccccc2NC2=C(C(=O)CC(C)(C)C2)[C@H]1c1ccc(Cl)cc1. The number of rotatable bonds is 3. The maximum atomic E-state index is 13.6. The van der Waals surface area contributed by atoms with E-state index < -0.39 is 6.04 Å². The van der Waals surface area contributed by atoms with E-state index in [1.165, 1.54) is 0 Å². The Morgan fingerprint density at radius 1 is 1.13 bits per heavy atom. The number of Topliss-reactive ketones (excluding diaryl/α,β-unsaturated/α-hetero) is 1. The highest BCUT2D eigenvalue weighted by Gasteiger charge is 2.43. The third kappa shape index (κ3) is 4.27. The molecule has 0 bridgehead atoms. The predicted molar refractivity (Wildman–Crippen MR) is 126 cm³/mol. The van der Waals surface area contributed by atoms with E-state index >= 15 is 0 Å².